The molecule has 2 aromatic rings. The topological polar surface area (TPSA) is 38.8 Å². The van der Waals surface area contributed by atoms with Crippen molar-refractivity contribution in [2.24, 2.45) is 0 Å². The normalized spacial score (nSPS) is 19.8. The number of halogens is 4. The number of rotatable bonds is 6. The molecule has 1 aliphatic rings. The Bertz CT molecular complexity index is 826. The molecule has 8 heteroatoms. The summed E-state index contributed by atoms with van der Waals surface area (Å²) in [6.45, 7) is 2.59. The molecule has 28 heavy (non-hydrogen) atoms. The molecule has 1 saturated heterocycles. The molecule has 1 fully saturated rings. The van der Waals surface area contributed by atoms with E-state index in [9.17, 15) is 18.0 Å². The van der Waals surface area contributed by atoms with Crippen LogP contribution in [0.4, 0.5) is 13.2 Å². The fourth-order valence-electron chi connectivity index (χ4n) is 3.28. The van der Waals surface area contributed by atoms with Gasteiger partial charge in [0.25, 0.3) is 0 Å². The zero-order chi connectivity index (χ0) is 20.3. The average molecular weight is 414 g/mol. The lowest BCUT2D eigenvalue weighted by Crippen LogP contribution is -2.29. The fraction of sp³-hybridized carbons (Fsp3) is 0.350. The Labute approximate surface area is 165 Å². The van der Waals surface area contributed by atoms with Gasteiger partial charge < -0.3 is 14.4 Å². The molecule has 150 valence electrons. The summed E-state index contributed by atoms with van der Waals surface area (Å²) in [5.74, 6) is 0.165. The van der Waals surface area contributed by atoms with Crippen molar-refractivity contribution in [3.8, 4) is 11.5 Å². The molecule has 0 unspecified atom stereocenters. The Morgan fingerprint density at radius 3 is 2.46 bits per heavy atom. The van der Waals surface area contributed by atoms with Gasteiger partial charge in [0, 0.05) is 12.1 Å². The van der Waals surface area contributed by atoms with E-state index in [-0.39, 0.29) is 24.2 Å². The van der Waals surface area contributed by atoms with Crippen LogP contribution >= 0.6 is 11.6 Å². The lowest BCUT2D eigenvalue weighted by Gasteiger charge is -2.26. The van der Waals surface area contributed by atoms with E-state index >= 15 is 0 Å². The molecule has 1 amide bonds. The highest BCUT2D eigenvalue weighted by atomic mass is 35.5. The third kappa shape index (κ3) is 4.70. The van der Waals surface area contributed by atoms with Crippen LogP contribution in [-0.4, -0.2) is 29.2 Å². The van der Waals surface area contributed by atoms with Gasteiger partial charge in [0.2, 0.25) is 5.91 Å². The minimum absolute atomic E-state index is 0.214. The molecule has 1 aliphatic heterocycles. The van der Waals surface area contributed by atoms with Crippen LogP contribution < -0.4 is 9.47 Å². The molecule has 0 saturated carbocycles. The van der Waals surface area contributed by atoms with Gasteiger partial charge in [-0.25, -0.2) is 0 Å². The second-order valence-corrected chi connectivity index (χ2v) is 6.87. The van der Waals surface area contributed by atoms with E-state index < -0.39 is 11.7 Å². The molecule has 3 rings (SSSR count). The maximum atomic E-state index is 12.6. The van der Waals surface area contributed by atoms with E-state index in [4.69, 9.17) is 16.3 Å². The largest absolute Gasteiger partial charge is 0.573 e. The molecule has 4 nitrogen and oxygen atoms in total. The summed E-state index contributed by atoms with van der Waals surface area (Å²) in [7, 11) is 0. The van der Waals surface area contributed by atoms with Crippen molar-refractivity contribution in [2.45, 2.75) is 37.7 Å². The zero-order valence-electron chi connectivity index (χ0n) is 15.1. The van der Waals surface area contributed by atoms with Gasteiger partial charge in [-0.15, -0.1) is 24.8 Å². The highest BCUT2D eigenvalue weighted by molar-refractivity contribution is 6.31. The Balaban J connectivity index is 1.82. The predicted octanol–water partition coefficient (Wildman–Crippen LogP) is 5.06. The SMILES string of the molecule is CCOc1ccccc1[C@H]1C[C@H](Cl)C(=O)N1Cc1ccc(OC(F)(F)F)cc1. The summed E-state index contributed by atoms with van der Waals surface area (Å²) in [6, 6.07) is 12.6. The standard InChI is InChI=1S/C20H19ClF3NO3/c1-2-27-18-6-4-3-5-15(18)17-11-16(21)19(26)25(17)12-13-7-9-14(10-8-13)28-20(22,23)24/h3-10,16-17H,2,11-12H2,1H3/t16-,17+/m0/s1. The zero-order valence-corrected chi connectivity index (χ0v) is 15.8. The van der Waals surface area contributed by atoms with Crippen molar-refractivity contribution in [2.75, 3.05) is 6.61 Å². The van der Waals surface area contributed by atoms with Gasteiger partial charge in [-0.3, -0.25) is 4.79 Å². The van der Waals surface area contributed by atoms with Crippen molar-refractivity contribution >= 4 is 17.5 Å². The number of carbonyl (C=O) groups is 1. The monoisotopic (exact) mass is 413 g/mol. The number of amides is 1. The van der Waals surface area contributed by atoms with Gasteiger partial charge in [0.15, 0.2) is 0 Å². The van der Waals surface area contributed by atoms with E-state index in [1.165, 1.54) is 24.3 Å². The van der Waals surface area contributed by atoms with E-state index in [2.05, 4.69) is 4.74 Å². The third-order valence-electron chi connectivity index (χ3n) is 4.45. The minimum Gasteiger partial charge on any atom is -0.494 e. The summed E-state index contributed by atoms with van der Waals surface area (Å²) in [5, 5.41) is -0.660. The van der Waals surface area contributed by atoms with Crippen LogP contribution in [-0.2, 0) is 11.3 Å². The number of para-hydroxylation sites is 1. The number of alkyl halides is 4. The van der Waals surface area contributed by atoms with E-state index in [1.807, 2.05) is 31.2 Å². The molecule has 0 radical (unpaired) electrons. The first kappa shape index (κ1) is 20.3. The first-order valence-electron chi connectivity index (χ1n) is 8.79. The molecule has 0 aromatic heterocycles. The van der Waals surface area contributed by atoms with Crippen molar-refractivity contribution < 1.29 is 27.4 Å². The molecule has 0 aliphatic carbocycles. The molecule has 2 aromatic carbocycles. The number of benzene rings is 2. The number of ether oxygens (including phenoxy) is 2. The summed E-state index contributed by atoms with van der Waals surface area (Å²) >= 11 is 6.22. The van der Waals surface area contributed by atoms with Gasteiger partial charge in [0.1, 0.15) is 16.9 Å². The lowest BCUT2D eigenvalue weighted by molar-refractivity contribution is -0.274. The number of carbonyl (C=O) groups excluding carboxylic acids is 1. The Kier molecular flexibility index (Phi) is 6.03. The first-order valence-corrected chi connectivity index (χ1v) is 9.23. The lowest BCUT2D eigenvalue weighted by atomic mass is 10.0. The molecular formula is C20H19ClF3NO3. The molecule has 0 spiro atoms. The molecule has 0 bridgehead atoms. The minimum atomic E-state index is -4.74. The van der Waals surface area contributed by atoms with Gasteiger partial charge in [-0.1, -0.05) is 30.3 Å². The Hall–Kier alpha value is -2.41. The fourth-order valence-corrected chi connectivity index (χ4v) is 3.57. The van der Waals surface area contributed by atoms with Crippen LogP contribution in [0.3, 0.4) is 0 Å². The van der Waals surface area contributed by atoms with Crippen LogP contribution in [0, 0.1) is 0 Å². The van der Waals surface area contributed by atoms with E-state index in [0.717, 1.165) is 5.56 Å². The number of likely N-dealkylation sites (tertiary alicyclic amines) is 1. The van der Waals surface area contributed by atoms with Crippen LogP contribution in [0.5, 0.6) is 11.5 Å². The highest BCUT2D eigenvalue weighted by Crippen LogP contribution is 2.40. The van der Waals surface area contributed by atoms with Crippen molar-refractivity contribution in [1.29, 1.82) is 0 Å². The van der Waals surface area contributed by atoms with Crippen LogP contribution in [0.15, 0.2) is 48.5 Å². The third-order valence-corrected chi connectivity index (χ3v) is 4.81. The van der Waals surface area contributed by atoms with Crippen LogP contribution in [0.1, 0.15) is 30.5 Å². The summed E-state index contributed by atoms with van der Waals surface area (Å²) < 4.78 is 46.5. The van der Waals surface area contributed by atoms with Crippen molar-refractivity contribution in [3.05, 3.63) is 59.7 Å². The van der Waals surface area contributed by atoms with E-state index in [0.29, 0.717) is 24.3 Å². The predicted molar refractivity (Wildman–Crippen MR) is 98.3 cm³/mol. The Morgan fingerprint density at radius 2 is 1.82 bits per heavy atom. The van der Waals surface area contributed by atoms with Gasteiger partial charge in [-0.05, 0) is 37.1 Å². The maximum absolute atomic E-state index is 12.6. The summed E-state index contributed by atoms with van der Waals surface area (Å²) in [4.78, 5) is 14.2. The maximum Gasteiger partial charge on any atom is 0.573 e. The molecule has 0 N–H and O–H groups in total. The van der Waals surface area contributed by atoms with Crippen LogP contribution in [0.25, 0.3) is 0 Å². The number of hydrogen-bond acceptors (Lipinski definition) is 3. The van der Waals surface area contributed by atoms with Crippen molar-refractivity contribution in [1.82, 2.24) is 4.90 Å². The average Bonchev–Trinajstić information content (AvgIpc) is 2.91. The molecule has 2 atom stereocenters. The summed E-state index contributed by atoms with van der Waals surface area (Å²) in [6.07, 6.45) is -4.31. The Morgan fingerprint density at radius 1 is 1.14 bits per heavy atom. The number of hydrogen-bond donors (Lipinski definition) is 0. The smallest absolute Gasteiger partial charge is 0.494 e. The second-order valence-electron chi connectivity index (χ2n) is 6.35. The van der Waals surface area contributed by atoms with Gasteiger partial charge in [-0.2, -0.15) is 0 Å². The number of nitrogens with zero attached hydrogens (tertiary/aromatic N) is 1. The molecular weight excluding hydrogens is 395 g/mol. The van der Waals surface area contributed by atoms with Gasteiger partial charge >= 0.3 is 6.36 Å². The van der Waals surface area contributed by atoms with Gasteiger partial charge in [0.05, 0.1) is 12.6 Å². The second kappa shape index (κ2) is 8.31. The van der Waals surface area contributed by atoms with Crippen LogP contribution in [0.2, 0.25) is 0 Å². The highest BCUT2D eigenvalue weighted by Gasteiger charge is 2.40. The molecule has 1 heterocycles. The summed E-state index contributed by atoms with van der Waals surface area (Å²) in [5.41, 5.74) is 1.53. The first-order chi connectivity index (χ1) is 13.3. The quantitative estimate of drug-likeness (QED) is 0.621. The van der Waals surface area contributed by atoms with Crippen molar-refractivity contribution in [3.63, 3.8) is 0 Å². The van der Waals surface area contributed by atoms with E-state index in [1.54, 1.807) is 4.90 Å².